The molecule has 1 aliphatic rings. The van der Waals surface area contributed by atoms with Gasteiger partial charge in [-0.25, -0.2) is 9.97 Å². The van der Waals surface area contributed by atoms with Crippen molar-refractivity contribution in [3.05, 3.63) is 47.9 Å². The summed E-state index contributed by atoms with van der Waals surface area (Å²) in [5, 5.41) is 3.42. The van der Waals surface area contributed by atoms with E-state index in [1.165, 1.54) is 19.2 Å². The SMILES string of the molecule is CCN(C(=O)c1cc(NC2CCCC2)ncn1)c1cccc(C)c1. The summed E-state index contributed by atoms with van der Waals surface area (Å²) in [7, 11) is 0. The number of amides is 1. The molecule has 24 heavy (non-hydrogen) atoms. The van der Waals surface area contributed by atoms with Crippen molar-refractivity contribution in [3.8, 4) is 0 Å². The summed E-state index contributed by atoms with van der Waals surface area (Å²) in [5.74, 6) is 0.639. The Hall–Kier alpha value is -2.43. The molecule has 0 bridgehead atoms. The van der Waals surface area contributed by atoms with Crippen molar-refractivity contribution in [1.29, 1.82) is 0 Å². The molecule has 0 unspecified atom stereocenters. The van der Waals surface area contributed by atoms with Crippen molar-refractivity contribution in [2.75, 3.05) is 16.8 Å². The molecule has 1 fully saturated rings. The van der Waals surface area contributed by atoms with Crippen LogP contribution in [0.25, 0.3) is 0 Å². The number of aryl methyl sites for hydroxylation is 1. The van der Waals surface area contributed by atoms with E-state index in [0.717, 1.165) is 29.9 Å². The molecular weight excluding hydrogens is 300 g/mol. The molecule has 0 radical (unpaired) electrons. The number of rotatable bonds is 5. The molecule has 2 aromatic rings. The van der Waals surface area contributed by atoms with Gasteiger partial charge in [-0.15, -0.1) is 0 Å². The number of nitrogens with zero attached hydrogens (tertiary/aromatic N) is 3. The van der Waals surface area contributed by atoms with Crippen LogP contribution >= 0.6 is 0 Å². The molecule has 1 N–H and O–H groups in total. The summed E-state index contributed by atoms with van der Waals surface area (Å²) in [5.41, 5.74) is 2.45. The molecule has 1 aromatic carbocycles. The number of benzene rings is 1. The molecule has 1 amide bonds. The van der Waals surface area contributed by atoms with Gasteiger partial charge in [0.15, 0.2) is 0 Å². The van der Waals surface area contributed by atoms with Gasteiger partial charge in [0.05, 0.1) is 0 Å². The third-order valence-corrected chi connectivity index (χ3v) is 4.47. The molecule has 0 spiro atoms. The van der Waals surface area contributed by atoms with Crippen molar-refractivity contribution in [1.82, 2.24) is 9.97 Å². The predicted octanol–water partition coefficient (Wildman–Crippen LogP) is 3.81. The van der Waals surface area contributed by atoms with E-state index >= 15 is 0 Å². The third-order valence-electron chi connectivity index (χ3n) is 4.47. The van der Waals surface area contributed by atoms with E-state index in [0.29, 0.717) is 18.3 Å². The van der Waals surface area contributed by atoms with Gasteiger partial charge in [-0.3, -0.25) is 4.79 Å². The lowest BCUT2D eigenvalue weighted by atomic mass is 10.2. The maximum atomic E-state index is 12.9. The van der Waals surface area contributed by atoms with Crippen LogP contribution < -0.4 is 10.2 Å². The minimum absolute atomic E-state index is 0.0972. The summed E-state index contributed by atoms with van der Waals surface area (Å²) in [6.45, 7) is 4.59. The van der Waals surface area contributed by atoms with Crippen molar-refractivity contribution in [2.45, 2.75) is 45.6 Å². The van der Waals surface area contributed by atoms with E-state index < -0.39 is 0 Å². The van der Waals surface area contributed by atoms with E-state index in [-0.39, 0.29) is 5.91 Å². The Kier molecular flexibility index (Phi) is 5.08. The Balaban J connectivity index is 1.80. The van der Waals surface area contributed by atoms with Crippen LogP contribution in [0.15, 0.2) is 36.7 Å². The van der Waals surface area contributed by atoms with Crippen LogP contribution in [-0.4, -0.2) is 28.5 Å². The van der Waals surface area contributed by atoms with Crippen LogP contribution in [0.5, 0.6) is 0 Å². The molecular formula is C19H24N4O. The van der Waals surface area contributed by atoms with Crippen molar-refractivity contribution in [3.63, 3.8) is 0 Å². The summed E-state index contributed by atoms with van der Waals surface area (Å²) < 4.78 is 0. The largest absolute Gasteiger partial charge is 0.367 e. The van der Waals surface area contributed by atoms with Crippen molar-refractivity contribution < 1.29 is 4.79 Å². The van der Waals surface area contributed by atoms with Crippen LogP contribution in [0.3, 0.4) is 0 Å². The summed E-state index contributed by atoms with van der Waals surface area (Å²) in [4.78, 5) is 23.1. The molecule has 1 aromatic heterocycles. The van der Waals surface area contributed by atoms with Crippen LogP contribution in [0.4, 0.5) is 11.5 Å². The first-order chi connectivity index (χ1) is 11.7. The van der Waals surface area contributed by atoms with Gasteiger partial charge < -0.3 is 10.2 Å². The topological polar surface area (TPSA) is 58.1 Å². The first kappa shape index (κ1) is 16.4. The maximum absolute atomic E-state index is 12.9. The number of anilines is 2. The van der Waals surface area contributed by atoms with Crippen LogP contribution in [0.2, 0.25) is 0 Å². The van der Waals surface area contributed by atoms with E-state index in [2.05, 4.69) is 15.3 Å². The highest BCUT2D eigenvalue weighted by Crippen LogP contribution is 2.22. The van der Waals surface area contributed by atoms with E-state index in [4.69, 9.17) is 0 Å². The van der Waals surface area contributed by atoms with Gasteiger partial charge in [0.1, 0.15) is 17.8 Å². The lowest BCUT2D eigenvalue weighted by Crippen LogP contribution is -2.31. The summed E-state index contributed by atoms with van der Waals surface area (Å²) >= 11 is 0. The lowest BCUT2D eigenvalue weighted by molar-refractivity contribution is 0.0983. The van der Waals surface area contributed by atoms with Gasteiger partial charge in [-0.2, -0.15) is 0 Å². The number of hydrogen-bond acceptors (Lipinski definition) is 4. The predicted molar refractivity (Wildman–Crippen MR) is 96.4 cm³/mol. The second-order valence-corrected chi connectivity index (χ2v) is 6.30. The highest BCUT2D eigenvalue weighted by molar-refractivity contribution is 6.05. The third kappa shape index (κ3) is 3.72. The summed E-state index contributed by atoms with van der Waals surface area (Å²) in [6.07, 6.45) is 6.31. The Labute approximate surface area is 143 Å². The zero-order valence-corrected chi connectivity index (χ0v) is 14.3. The van der Waals surface area contributed by atoms with Crippen LogP contribution in [0, 0.1) is 6.92 Å². The second-order valence-electron chi connectivity index (χ2n) is 6.30. The minimum Gasteiger partial charge on any atom is -0.367 e. The average molecular weight is 324 g/mol. The molecule has 5 nitrogen and oxygen atoms in total. The van der Waals surface area contributed by atoms with Gasteiger partial charge in [0.2, 0.25) is 0 Å². The minimum atomic E-state index is -0.0972. The Morgan fingerprint density at radius 3 is 2.75 bits per heavy atom. The fourth-order valence-electron chi connectivity index (χ4n) is 3.21. The van der Waals surface area contributed by atoms with Gasteiger partial charge >= 0.3 is 0 Å². The quantitative estimate of drug-likeness (QED) is 0.908. The molecule has 3 rings (SSSR count). The smallest absolute Gasteiger partial charge is 0.277 e. The molecule has 0 saturated heterocycles. The molecule has 1 heterocycles. The highest BCUT2D eigenvalue weighted by Gasteiger charge is 2.20. The maximum Gasteiger partial charge on any atom is 0.277 e. The first-order valence-corrected chi connectivity index (χ1v) is 8.64. The van der Waals surface area contributed by atoms with Crippen LogP contribution in [0.1, 0.15) is 48.7 Å². The Morgan fingerprint density at radius 1 is 1.25 bits per heavy atom. The summed E-state index contributed by atoms with van der Waals surface area (Å²) in [6, 6.07) is 10.2. The fraction of sp³-hybridized carbons (Fsp3) is 0.421. The normalized spacial score (nSPS) is 14.6. The fourth-order valence-corrected chi connectivity index (χ4v) is 3.21. The van der Waals surface area contributed by atoms with Gasteiger partial charge in [0, 0.05) is 24.3 Å². The molecule has 0 aliphatic heterocycles. The van der Waals surface area contributed by atoms with Crippen molar-refractivity contribution >= 4 is 17.4 Å². The molecule has 5 heteroatoms. The first-order valence-electron chi connectivity index (χ1n) is 8.64. The van der Waals surface area contributed by atoms with E-state index in [1.54, 1.807) is 11.0 Å². The van der Waals surface area contributed by atoms with Crippen LogP contribution in [-0.2, 0) is 0 Å². The Morgan fingerprint density at radius 2 is 2.04 bits per heavy atom. The van der Waals surface area contributed by atoms with E-state index in [9.17, 15) is 4.79 Å². The zero-order chi connectivity index (χ0) is 16.9. The lowest BCUT2D eigenvalue weighted by Gasteiger charge is -2.21. The standard InChI is InChI=1S/C19H24N4O/c1-3-23(16-10-6-7-14(2)11-16)19(24)17-12-18(21-13-20-17)22-15-8-4-5-9-15/h6-7,10-13,15H,3-5,8-9H2,1-2H3,(H,20,21,22). The van der Waals surface area contributed by atoms with Gasteiger partial charge in [-0.05, 0) is 44.4 Å². The molecule has 1 saturated carbocycles. The van der Waals surface area contributed by atoms with Gasteiger partial charge in [0.25, 0.3) is 5.91 Å². The Bertz CT molecular complexity index is 710. The molecule has 126 valence electrons. The number of carbonyl (C=O) groups is 1. The second kappa shape index (κ2) is 7.43. The average Bonchev–Trinajstić information content (AvgIpc) is 3.09. The highest BCUT2D eigenvalue weighted by atomic mass is 16.2. The van der Waals surface area contributed by atoms with Gasteiger partial charge in [-0.1, -0.05) is 25.0 Å². The number of carbonyl (C=O) groups excluding carboxylic acids is 1. The monoisotopic (exact) mass is 324 g/mol. The van der Waals surface area contributed by atoms with E-state index in [1.807, 2.05) is 38.1 Å². The number of aromatic nitrogens is 2. The zero-order valence-electron chi connectivity index (χ0n) is 14.3. The number of nitrogens with one attached hydrogen (secondary N) is 1. The molecule has 1 aliphatic carbocycles. The van der Waals surface area contributed by atoms with Crippen molar-refractivity contribution in [2.24, 2.45) is 0 Å². The molecule has 0 atom stereocenters. The number of hydrogen-bond donors (Lipinski definition) is 1.